The molecule has 0 saturated heterocycles. The summed E-state index contributed by atoms with van der Waals surface area (Å²) < 4.78 is 0. The molecule has 1 aromatic carbocycles. The molecular formula is C15H14ClN3O. The monoisotopic (exact) mass is 287 g/mol. The molecule has 0 atom stereocenters. The summed E-state index contributed by atoms with van der Waals surface area (Å²) in [6.45, 7) is 2.47. The third-order valence-electron chi connectivity index (χ3n) is 3.54. The molecule has 2 heterocycles. The van der Waals surface area contributed by atoms with E-state index in [4.69, 9.17) is 11.6 Å². The lowest BCUT2D eigenvalue weighted by Crippen LogP contribution is -2.35. The second-order valence-electron chi connectivity index (χ2n) is 4.87. The molecule has 0 spiro atoms. The maximum atomic E-state index is 12.2. The van der Waals surface area contributed by atoms with Gasteiger partial charge in [0, 0.05) is 22.7 Å². The van der Waals surface area contributed by atoms with Gasteiger partial charge in [-0.3, -0.25) is 9.69 Å². The zero-order valence-electron chi connectivity index (χ0n) is 11.1. The first-order valence-electron chi connectivity index (χ1n) is 6.50. The minimum atomic E-state index is 0.102. The first-order valence-corrected chi connectivity index (χ1v) is 6.88. The molecule has 0 fully saturated rings. The van der Waals surface area contributed by atoms with E-state index in [1.165, 1.54) is 6.33 Å². The third-order valence-corrected chi connectivity index (χ3v) is 3.79. The normalized spacial score (nSPS) is 14.3. The van der Waals surface area contributed by atoms with Gasteiger partial charge >= 0.3 is 0 Å². The molecule has 4 nitrogen and oxygen atoms in total. The number of benzene rings is 1. The lowest BCUT2D eigenvalue weighted by Gasteiger charge is -2.28. The summed E-state index contributed by atoms with van der Waals surface area (Å²) in [5.74, 6) is 0.842. The van der Waals surface area contributed by atoms with Crippen molar-refractivity contribution in [1.82, 2.24) is 9.97 Å². The molecule has 1 aliphatic rings. The molecular weight excluding hydrogens is 274 g/mol. The predicted octanol–water partition coefficient (Wildman–Crippen LogP) is 2.92. The molecule has 1 aliphatic heterocycles. The number of aromatic nitrogens is 2. The largest absolute Gasteiger partial charge is 0.292 e. The Hall–Kier alpha value is -1.94. The van der Waals surface area contributed by atoms with E-state index >= 15 is 0 Å². The van der Waals surface area contributed by atoms with Gasteiger partial charge in [-0.15, -0.1) is 0 Å². The highest BCUT2D eigenvalue weighted by molar-refractivity contribution is 6.30. The first-order chi connectivity index (χ1) is 9.65. The van der Waals surface area contributed by atoms with Crippen molar-refractivity contribution in [3.63, 3.8) is 0 Å². The fourth-order valence-corrected chi connectivity index (χ4v) is 2.56. The van der Waals surface area contributed by atoms with E-state index in [0.29, 0.717) is 18.0 Å². The molecule has 0 unspecified atom stereocenters. The Balaban J connectivity index is 1.95. The Bertz CT molecular complexity index is 655. The van der Waals surface area contributed by atoms with Crippen LogP contribution in [0, 0.1) is 6.92 Å². The molecule has 0 radical (unpaired) electrons. The van der Waals surface area contributed by atoms with Crippen LogP contribution in [-0.4, -0.2) is 15.9 Å². The standard InChI is InChI=1S/C15H14ClN3O/c1-10-13-6-7-14(20)19(15(13)18-9-17-10)8-11-2-4-12(16)5-3-11/h2-5,9H,6-8H2,1H3. The molecule has 0 saturated carbocycles. The summed E-state index contributed by atoms with van der Waals surface area (Å²) in [6.07, 6.45) is 2.74. The van der Waals surface area contributed by atoms with Crippen LogP contribution in [0.15, 0.2) is 30.6 Å². The quantitative estimate of drug-likeness (QED) is 0.853. The highest BCUT2D eigenvalue weighted by atomic mass is 35.5. The number of rotatable bonds is 2. The van der Waals surface area contributed by atoms with Gasteiger partial charge in [0.25, 0.3) is 0 Å². The maximum absolute atomic E-state index is 12.2. The fraction of sp³-hybridized carbons (Fsp3) is 0.267. The Kier molecular flexibility index (Phi) is 3.40. The van der Waals surface area contributed by atoms with Crippen LogP contribution in [0.5, 0.6) is 0 Å². The van der Waals surface area contributed by atoms with E-state index in [2.05, 4.69) is 9.97 Å². The molecule has 102 valence electrons. The van der Waals surface area contributed by atoms with Crippen molar-refractivity contribution in [1.29, 1.82) is 0 Å². The SMILES string of the molecule is Cc1ncnc2c1CCC(=O)N2Cc1ccc(Cl)cc1. The summed E-state index contributed by atoms with van der Waals surface area (Å²) in [4.78, 5) is 22.4. The van der Waals surface area contributed by atoms with Gasteiger partial charge in [0.05, 0.1) is 6.54 Å². The molecule has 3 rings (SSSR count). The average molecular weight is 288 g/mol. The number of halogens is 1. The van der Waals surface area contributed by atoms with Gasteiger partial charge in [-0.05, 0) is 31.0 Å². The van der Waals surface area contributed by atoms with Crippen molar-refractivity contribution in [3.05, 3.63) is 52.4 Å². The third kappa shape index (κ3) is 2.39. The summed E-state index contributed by atoms with van der Waals surface area (Å²) >= 11 is 5.88. The highest BCUT2D eigenvalue weighted by Crippen LogP contribution is 2.28. The number of hydrogen-bond acceptors (Lipinski definition) is 3. The number of aryl methyl sites for hydroxylation is 1. The Morgan fingerprint density at radius 2 is 1.95 bits per heavy atom. The lowest BCUT2D eigenvalue weighted by atomic mass is 10.0. The van der Waals surface area contributed by atoms with Gasteiger partial charge in [-0.2, -0.15) is 0 Å². The summed E-state index contributed by atoms with van der Waals surface area (Å²) in [5, 5.41) is 0.692. The van der Waals surface area contributed by atoms with Gasteiger partial charge in [0.15, 0.2) is 0 Å². The van der Waals surface area contributed by atoms with E-state index in [-0.39, 0.29) is 5.91 Å². The first kappa shape index (κ1) is 13.1. The number of carbonyl (C=O) groups excluding carboxylic acids is 1. The van der Waals surface area contributed by atoms with Gasteiger partial charge in [-0.1, -0.05) is 23.7 Å². The van der Waals surface area contributed by atoms with Gasteiger partial charge in [0.1, 0.15) is 12.1 Å². The van der Waals surface area contributed by atoms with Crippen LogP contribution in [0.25, 0.3) is 0 Å². The Labute approximate surface area is 122 Å². The van der Waals surface area contributed by atoms with Gasteiger partial charge in [-0.25, -0.2) is 9.97 Å². The van der Waals surface area contributed by atoms with Crippen LogP contribution in [0.1, 0.15) is 23.2 Å². The zero-order valence-corrected chi connectivity index (χ0v) is 11.9. The van der Waals surface area contributed by atoms with Crippen LogP contribution in [0.3, 0.4) is 0 Å². The Morgan fingerprint density at radius 1 is 1.20 bits per heavy atom. The van der Waals surface area contributed by atoms with Crippen molar-refractivity contribution in [3.8, 4) is 0 Å². The van der Waals surface area contributed by atoms with Crippen molar-refractivity contribution in [2.75, 3.05) is 4.90 Å². The molecule has 5 heteroatoms. The fourth-order valence-electron chi connectivity index (χ4n) is 2.43. The topological polar surface area (TPSA) is 46.1 Å². The Morgan fingerprint density at radius 3 is 2.70 bits per heavy atom. The van der Waals surface area contributed by atoms with Crippen LogP contribution in [-0.2, 0) is 17.8 Å². The van der Waals surface area contributed by atoms with Gasteiger partial charge < -0.3 is 0 Å². The summed E-state index contributed by atoms with van der Waals surface area (Å²) in [6, 6.07) is 7.52. The van der Waals surface area contributed by atoms with Crippen molar-refractivity contribution < 1.29 is 4.79 Å². The van der Waals surface area contributed by atoms with E-state index in [1.54, 1.807) is 4.90 Å². The van der Waals surface area contributed by atoms with Crippen LogP contribution in [0.2, 0.25) is 5.02 Å². The van der Waals surface area contributed by atoms with Crippen molar-refractivity contribution in [2.24, 2.45) is 0 Å². The molecule has 20 heavy (non-hydrogen) atoms. The molecule has 1 amide bonds. The second-order valence-corrected chi connectivity index (χ2v) is 5.30. The second kappa shape index (κ2) is 5.21. The molecule has 0 aliphatic carbocycles. The number of nitrogens with zero attached hydrogens (tertiary/aromatic N) is 3. The smallest absolute Gasteiger partial charge is 0.228 e. The number of anilines is 1. The number of hydrogen-bond donors (Lipinski definition) is 0. The average Bonchev–Trinajstić information content (AvgIpc) is 2.44. The maximum Gasteiger partial charge on any atom is 0.228 e. The van der Waals surface area contributed by atoms with E-state index < -0.39 is 0 Å². The molecule has 1 aromatic heterocycles. The molecule has 0 N–H and O–H groups in total. The summed E-state index contributed by atoms with van der Waals surface area (Å²) in [5.41, 5.74) is 3.05. The highest BCUT2D eigenvalue weighted by Gasteiger charge is 2.26. The van der Waals surface area contributed by atoms with E-state index in [9.17, 15) is 4.79 Å². The number of amides is 1. The predicted molar refractivity (Wildman–Crippen MR) is 77.7 cm³/mol. The van der Waals surface area contributed by atoms with Crippen LogP contribution in [0.4, 0.5) is 5.82 Å². The van der Waals surface area contributed by atoms with Crippen molar-refractivity contribution in [2.45, 2.75) is 26.3 Å². The summed E-state index contributed by atoms with van der Waals surface area (Å²) in [7, 11) is 0. The van der Waals surface area contributed by atoms with Crippen LogP contribution < -0.4 is 4.90 Å². The lowest BCUT2D eigenvalue weighted by molar-refractivity contribution is -0.119. The van der Waals surface area contributed by atoms with E-state index in [0.717, 1.165) is 29.1 Å². The molecule has 2 aromatic rings. The van der Waals surface area contributed by atoms with Gasteiger partial charge in [0.2, 0.25) is 5.91 Å². The van der Waals surface area contributed by atoms with E-state index in [1.807, 2.05) is 31.2 Å². The minimum Gasteiger partial charge on any atom is -0.292 e. The number of fused-ring (bicyclic) bond motifs is 1. The zero-order chi connectivity index (χ0) is 14.1. The number of carbonyl (C=O) groups is 1. The molecule has 0 bridgehead atoms. The van der Waals surface area contributed by atoms with Crippen molar-refractivity contribution >= 4 is 23.3 Å². The van der Waals surface area contributed by atoms with Crippen LogP contribution >= 0.6 is 11.6 Å². The minimum absolute atomic E-state index is 0.102.